The molecule has 0 saturated carbocycles. The van der Waals surface area contributed by atoms with Gasteiger partial charge in [-0.2, -0.15) is 0 Å². The van der Waals surface area contributed by atoms with Gasteiger partial charge in [0.2, 0.25) is 5.79 Å². The van der Waals surface area contributed by atoms with Gasteiger partial charge in [-0.3, -0.25) is 4.79 Å². The lowest BCUT2D eigenvalue weighted by Gasteiger charge is -2.46. The molecule has 2 aliphatic heterocycles. The third-order valence-electron chi connectivity index (χ3n) is 7.47. The Morgan fingerprint density at radius 2 is 1.82 bits per heavy atom. The normalized spacial score (nSPS) is 34.9. The first-order valence-electron chi connectivity index (χ1n) is 11.9. The van der Waals surface area contributed by atoms with E-state index in [-0.39, 0.29) is 29.8 Å². The SMILES string of the molecule is COC[C@H](C[C@H]1OC([C@@H](NC(=O)[C@@H](O)[C@@]2(OC)CC[C@@H](C)[C@@H](C)O2)OC)CCC1(C)C)OC. The zero-order chi connectivity index (χ0) is 24.8. The number of methoxy groups -OCH3 is 4. The first-order chi connectivity index (χ1) is 15.5. The Kier molecular flexibility index (Phi) is 10.5. The van der Waals surface area contributed by atoms with Crippen LogP contribution in [0.3, 0.4) is 0 Å². The molecule has 2 fully saturated rings. The van der Waals surface area contributed by atoms with Crippen LogP contribution in [0, 0.1) is 11.3 Å². The van der Waals surface area contributed by atoms with Crippen molar-refractivity contribution in [3.63, 3.8) is 0 Å². The van der Waals surface area contributed by atoms with E-state index >= 15 is 0 Å². The smallest absolute Gasteiger partial charge is 0.256 e. The van der Waals surface area contributed by atoms with Crippen LogP contribution < -0.4 is 5.32 Å². The minimum absolute atomic E-state index is 0.0638. The number of carbonyl (C=O) groups is 1. The summed E-state index contributed by atoms with van der Waals surface area (Å²) in [6.45, 7) is 8.82. The number of rotatable bonds is 11. The van der Waals surface area contributed by atoms with Gasteiger partial charge in [-0.25, -0.2) is 0 Å². The summed E-state index contributed by atoms with van der Waals surface area (Å²) in [5.74, 6) is -1.66. The molecule has 0 aromatic heterocycles. The highest BCUT2D eigenvalue weighted by atomic mass is 16.7. The fourth-order valence-electron chi connectivity index (χ4n) is 4.73. The van der Waals surface area contributed by atoms with Gasteiger partial charge in [0.05, 0.1) is 24.9 Å². The fourth-order valence-corrected chi connectivity index (χ4v) is 4.73. The molecule has 9 heteroatoms. The lowest BCUT2D eigenvalue weighted by molar-refractivity contribution is -0.308. The molecule has 0 radical (unpaired) electrons. The summed E-state index contributed by atoms with van der Waals surface area (Å²) in [6, 6.07) is 0. The maximum absolute atomic E-state index is 13.0. The van der Waals surface area contributed by atoms with E-state index in [4.69, 9.17) is 28.4 Å². The second kappa shape index (κ2) is 12.2. The molecule has 9 nitrogen and oxygen atoms in total. The molecule has 0 spiro atoms. The molecular formula is C24H45NO8. The van der Waals surface area contributed by atoms with Gasteiger partial charge in [0.1, 0.15) is 6.10 Å². The number of hydrogen-bond donors (Lipinski definition) is 2. The summed E-state index contributed by atoms with van der Waals surface area (Å²) in [4.78, 5) is 13.0. The summed E-state index contributed by atoms with van der Waals surface area (Å²) >= 11 is 0. The number of ether oxygens (including phenoxy) is 6. The van der Waals surface area contributed by atoms with E-state index in [0.717, 1.165) is 12.8 Å². The first kappa shape index (κ1) is 28.4. The number of aliphatic hydroxyl groups is 1. The molecule has 2 heterocycles. The van der Waals surface area contributed by atoms with Crippen molar-refractivity contribution >= 4 is 5.91 Å². The maximum atomic E-state index is 13.0. The number of carbonyl (C=O) groups excluding carboxylic acids is 1. The Bertz CT molecular complexity index is 617. The largest absolute Gasteiger partial charge is 0.382 e. The predicted molar refractivity (Wildman–Crippen MR) is 123 cm³/mol. The van der Waals surface area contributed by atoms with Gasteiger partial charge in [0.15, 0.2) is 12.3 Å². The lowest BCUT2D eigenvalue weighted by atomic mass is 9.76. The van der Waals surface area contributed by atoms with Gasteiger partial charge in [0.25, 0.3) is 5.91 Å². The van der Waals surface area contributed by atoms with E-state index in [1.165, 1.54) is 14.2 Å². The van der Waals surface area contributed by atoms with Gasteiger partial charge in [-0.15, -0.1) is 0 Å². The van der Waals surface area contributed by atoms with E-state index in [1.54, 1.807) is 14.2 Å². The second-order valence-corrected chi connectivity index (χ2v) is 10.2. The third kappa shape index (κ3) is 6.87. The molecule has 2 rings (SSSR count). The highest BCUT2D eigenvalue weighted by Gasteiger charge is 2.49. The molecule has 0 aromatic rings. The topological polar surface area (TPSA) is 105 Å². The van der Waals surface area contributed by atoms with Crippen LogP contribution in [0.4, 0.5) is 0 Å². The molecule has 2 aliphatic rings. The van der Waals surface area contributed by atoms with Crippen LogP contribution >= 0.6 is 0 Å². The van der Waals surface area contributed by atoms with Crippen LogP contribution in [-0.4, -0.2) is 88.6 Å². The molecule has 33 heavy (non-hydrogen) atoms. The predicted octanol–water partition coefficient (Wildman–Crippen LogP) is 2.24. The van der Waals surface area contributed by atoms with Crippen LogP contribution in [0.2, 0.25) is 0 Å². The zero-order valence-electron chi connectivity index (χ0n) is 21.6. The molecular weight excluding hydrogens is 430 g/mol. The standard InChI is InChI=1S/C24H45NO8/c1-15-9-12-24(31-8,33-16(15)2)20(26)21(27)25-22(30-7)18-10-11-23(3,4)19(32-18)13-17(29-6)14-28-5/h15-20,22,26H,9-14H2,1-8H3,(H,25,27)/t15-,16-,17+,18?,19-,20-,22+,24-/m1/s1. The van der Waals surface area contributed by atoms with Crippen molar-refractivity contribution in [3.8, 4) is 0 Å². The van der Waals surface area contributed by atoms with Gasteiger partial charge in [-0.1, -0.05) is 20.8 Å². The average Bonchev–Trinajstić information content (AvgIpc) is 2.79. The monoisotopic (exact) mass is 475 g/mol. The Morgan fingerprint density at radius 3 is 2.36 bits per heavy atom. The highest BCUT2D eigenvalue weighted by molar-refractivity contribution is 5.81. The summed E-state index contributed by atoms with van der Waals surface area (Å²) in [5, 5.41) is 13.7. The van der Waals surface area contributed by atoms with Gasteiger partial charge >= 0.3 is 0 Å². The van der Waals surface area contributed by atoms with Crippen molar-refractivity contribution < 1.29 is 38.3 Å². The molecule has 0 aromatic carbocycles. The highest BCUT2D eigenvalue weighted by Crippen LogP contribution is 2.40. The Balaban J connectivity index is 2.07. The molecule has 0 bridgehead atoms. The van der Waals surface area contributed by atoms with E-state index in [1.807, 2.05) is 6.92 Å². The molecule has 1 unspecified atom stereocenters. The number of aliphatic hydroxyl groups excluding tert-OH is 1. The number of nitrogens with one attached hydrogen (secondary N) is 1. The molecule has 8 atom stereocenters. The van der Waals surface area contributed by atoms with Gasteiger partial charge < -0.3 is 38.8 Å². The molecule has 194 valence electrons. The third-order valence-corrected chi connectivity index (χ3v) is 7.47. The van der Waals surface area contributed by atoms with Crippen LogP contribution in [0.15, 0.2) is 0 Å². The summed E-state index contributed by atoms with van der Waals surface area (Å²) < 4.78 is 34.3. The van der Waals surface area contributed by atoms with Crippen molar-refractivity contribution in [3.05, 3.63) is 0 Å². The van der Waals surface area contributed by atoms with Crippen LogP contribution in [0.5, 0.6) is 0 Å². The van der Waals surface area contributed by atoms with E-state index < -0.39 is 24.0 Å². The van der Waals surface area contributed by atoms with Gasteiger partial charge in [0, 0.05) is 41.3 Å². The molecule has 2 saturated heterocycles. The van der Waals surface area contributed by atoms with Crippen molar-refractivity contribution in [1.29, 1.82) is 0 Å². The number of hydrogen-bond acceptors (Lipinski definition) is 8. The zero-order valence-corrected chi connectivity index (χ0v) is 21.6. The van der Waals surface area contributed by atoms with Gasteiger partial charge in [-0.05, 0) is 37.5 Å². The minimum atomic E-state index is -1.49. The van der Waals surface area contributed by atoms with E-state index in [2.05, 4.69) is 26.1 Å². The van der Waals surface area contributed by atoms with Crippen molar-refractivity contribution in [2.75, 3.05) is 35.0 Å². The fraction of sp³-hybridized carbons (Fsp3) is 0.958. The molecule has 2 N–H and O–H groups in total. The quantitative estimate of drug-likeness (QED) is 0.439. The second-order valence-electron chi connectivity index (χ2n) is 10.2. The lowest BCUT2D eigenvalue weighted by Crippen LogP contribution is -2.61. The van der Waals surface area contributed by atoms with E-state index in [0.29, 0.717) is 31.8 Å². The maximum Gasteiger partial charge on any atom is 0.256 e. The van der Waals surface area contributed by atoms with Crippen molar-refractivity contribution in [2.24, 2.45) is 11.3 Å². The van der Waals surface area contributed by atoms with Crippen molar-refractivity contribution in [2.45, 2.75) is 102 Å². The number of amides is 1. The summed E-state index contributed by atoms with van der Waals surface area (Å²) in [7, 11) is 6.28. The Morgan fingerprint density at radius 1 is 1.12 bits per heavy atom. The van der Waals surface area contributed by atoms with Crippen molar-refractivity contribution in [1.82, 2.24) is 5.32 Å². The minimum Gasteiger partial charge on any atom is -0.382 e. The summed E-state index contributed by atoms with van der Waals surface area (Å²) in [6.07, 6.45) is 0.568. The first-order valence-corrected chi connectivity index (χ1v) is 11.9. The van der Waals surface area contributed by atoms with Crippen LogP contribution in [-0.2, 0) is 33.2 Å². The molecule has 0 aliphatic carbocycles. The van der Waals surface area contributed by atoms with Crippen LogP contribution in [0.1, 0.15) is 59.8 Å². The Labute approximate surface area is 198 Å². The van der Waals surface area contributed by atoms with E-state index in [9.17, 15) is 9.90 Å². The Hall–Kier alpha value is -0.810. The van der Waals surface area contributed by atoms with Crippen LogP contribution in [0.25, 0.3) is 0 Å². The summed E-state index contributed by atoms with van der Waals surface area (Å²) in [5.41, 5.74) is -0.0638. The molecule has 1 amide bonds. The average molecular weight is 476 g/mol.